The van der Waals surface area contributed by atoms with Crippen LogP contribution in [0, 0.1) is 12.7 Å². The molecule has 5 nitrogen and oxygen atoms in total. The van der Waals surface area contributed by atoms with Crippen LogP contribution < -0.4 is 4.74 Å². The van der Waals surface area contributed by atoms with Crippen molar-refractivity contribution in [3.8, 4) is 5.75 Å². The molecule has 0 radical (unpaired) electrons. The molecule has 0 unspecified atom stereocenters. The molecule has 0 saturated carbocycles. The van der Waals surface area contributed by atoms with Crippen LogP contribution in [0.4, 0.5) is 4.39 Å². The number of thioether (sulfide) groups is 1. The van der Waals surface area contributed by atoms with Gasteiger partial charge in [-0.25, -0.2) is 9.37 Å². The fourth-order valence-corrected chi connectivity index (χ4v) is 2.18. The van der Waals surface area contributed by atoms with Gasteiger partial charge >= 0.3 is 0 Å². The van der Waals surface area contributed by atoms with Gasteiger partial charge in [0.1, 0.15) is 5.82 Å². The van der Waals surface area contributed by atoms with E-state index in [2.05, 4.69) is 15.2 Å². The Hall–Kier alpha value is -1.89. The highest BCUT2D eigenvalue weighted by Crippen LogP contribution is 2.20. The molecule has 100 valence electrons. The first-order valence-corrected chi connectivity index (χ1v) is 6.47. The second-order valence-electron chi connectivity index (χ2n) is 3.76. The van der Waals surface area contributed by atoms with Crippen molar-refractivity contribution < 1.29 is 13.9 Å². The highest BCUT2D eigenvalue weighted by Gasteiger charge is 2.12. The molecule has 0 atom stereocenters. The lowest BCUT2D eigenvalue weighted by Gasteiger charge is -2.03. The summed E-state index contributed by atoms with van der Waals surface area (Å²) in [6.45, 7) is 1.78. The molecule has 1 aromatic heterocycles. The van der Waals surface area contributed by atoms with Crippen molar-refractivity contribution in [2.45, 2.75) is 12.1 Å². The monoisotopic (exact) mass is 281 g/mol. The van der Waals surface area contributed by atoms with Crippen LogP contribution in [0.5, 0.6) is 5.75 Å². The van der Waals surface area contributed by atoms with E-state index in [9.17, 15) is 9.18 Å². The average molecular weight is 281 g/mol. The number of rotatable bonds is 5. The van der Waals surface area contributed by atoms with E-state index in [1.165, 1.54) is 37.1 Å². The number of benzene rings is 1. The number of Topliss-reactive ketones (excluding diaryl/α,β-unsaturated/α-hetero) is 1. The van der Waals surface area contributed by atoms with Crippen LogP contribution in [0.3, 0.4) is 0 Å². The minimum Gasteiger partial charge on any atom is -0.494 e. The smallest absolute Gasteiger partial charge is 0.208 e. The number of halogens is 1. The van der Waals surface area contributed by atoms with E-state index in [-0.39, 0.29) is 17.3 Å². The second-order valence-corrected chi connectivity index (χ2v) is 4.71. The van der Waals surface area contributed by atoms with Crippen LogP contribution in [-0.2, 0) is 0 Å². The Balaban J connectivity index is 2.01. The third-order valence-electron chi connectivity index (χ3n) is 2.38. The molecule has 0 saturated heterocycles. The number of hydrogen-bond acceptors (Lipinski definition) is 5. The lowest BCUT2D eigenvalue weighted by molar-refractivity contribution is 0.102. The van der Waals surface area contributed by atoms with Crippen LogP contribution >= 0.6 is 11.8 Å². The Morgan fingerprint density at radius 2 is 2.32 bits per heavy atom. The Bertz CT molecular complexity index is 600. The first-order valence-electron chi connectivity index (χ1n) is 5.48. The summed E-state index contributed by atoms with van der Waals surface area (Å²) in [6.07, 6.45) is 0. The van der Waals surface area contributed by atoms with Gasteiger partial charge in [-0.1, -0.05) is 11.8 Å². The van der Waals surface area contributed by atoms with E-state index in [4.69, 9.17) is 4.74 Å². The molecule has 1 aromatic carbocycles. The van der Waals surface area contributed by atoms with Crippen molar-refractivity contribution in [2.24, 2.45) is 0 Å². The quantitative estimate of drug-likeness (QED) is 0.672. The minimum atomic E-state index is -0.549. The lowest BCUT2D eigenvalue weighted by atomic mass is 10.1. The highest BCUT2D eigenvalue weighted by molar-refractivity contribution is 7.99. The van der Waals surface area contributed by atoms with E-state index < -0.39 is 5.82 Å². The van der Waals surface area contributed by atoms with Gasteiger partial charge in [0.25, 0.3) is 0 Å². The number of ether oxygens (including phenoxy) is 1. The number of hydrogen-bond donors (Lipinski definition) is 1. The van der Waals surface area contributed by atoms with E-state index in [1.54, 1.807) is 6.92 Å². The Kier molecular flexibility index (Phi) is 4.16. The maximum Gasteiger partial charge on any atom is 0.208 e. The minimum absolute atomic E-state index is 0.119. The van der Waals surface area contributed by atoms with Crippen LogP contribution in [-0.4, -0.2) is 33.8 Å². The summed E-state index contributed by atoms with van der Waals surface area (Å²) in [5, 5.41) is 7.09. The molecule has 2 aromatic rings. The van der Waals surface area contributed by atoms with Gasteiger partial charge in [0, 0.05) is 5.56 Å². The Morgan fingerprint density at radius 3 is 2.89 bits per heavy atom. The summed E-state index contributed by atoms with van der Waals surface area (Å²) >= 11 is 1.20. The van der Waals surface area contributed by atoms with Crippen molar-refractivity contribution in [3.63, 3.8) is 0 Å². The zero-order valence-corrected chi connectivity index (χ0v) is 11.3. The number of H-pyrrole nitrogens is 1. The van der Waals surface area contributed by atoms with Crippen LogP contribution in [0.15, 0.2) is 23.4 Å². The second kappa shape index (κ2) is 5.83. The van der Waals surface area contributed by atoms with E-state index in [0.717, 1.165) is 0 Å². The Morgan fingerprint density at radius 1 is 1.53 bits per heavy atom. The van der Waals surface area contributed by atoms with E-state index in [0.29, 0.717) is 16.5 Å². The Labute approximate surface area is 113 Å². The summed E-state index contributed by atoms with van der Waals surface area (Å²) in [7, 11) is 1.38. The number of nitrogens with one attached hydrogen (secondary N) is 1. The SMILES string of the molecule is COc1ccc(C(=O)CSc2n[nH]c(C)n2)cc1F. The van der Waals surface area contributed by atoms with E-state index in [1.807, 2.05) is 0 Å². The van der Waals surface area contributed by atoms with Gasteiger partial charge in [-0.05, 0) is 25.1 Å². The first kappa shape index (κ1) is 13.5. The number of methoxy groups -OCH3 is 1. The number of ketones is 1. The summed E-state index contributed by atoms with van der Waals surface area (Å²) < 4.78 is 18.3. The van der Waals surface area contributed by atoms with Crippen molar-refractivity contribution >= 4 is 17.5 Å². The number of aromatic amines is 1. The molecule has 0 spiro atoms. The maximum atomic E-state index is 13.5. The van der Waals surface area contributed by atoms with Crippen molar-refractivity contribution in [3.05, 3.63) is 35.4 Å². The van der Waals surface area contributed by atoms with E-state index >= 15 is 0 Å². The van der Waals surface area contributed by atoms with Gasteiger partial charge in [-0.2, -0.15) is 0 Å². The molecule has 19 heavy (non-hydrogen) atoms. The topological polar surface area (TPSA) is 67.9 Å². The normalized spacial score (nSPS) is 10.5. The van der Waals surface area contributed by atoms with Gasteiger partial charge in [0.05, 0.1) is 12.9 Å². The van der Waals surface area contributed by atoms with Crippen molar-refractivity contribution in [1.82, 2.24) is 15.2 Å². The van der Waals surface area contributed by atoms with Gasteiger partial charge in [0.15, 0.2) is 17.3 Å². The van der Waals surface area contributed by atoms with Crippen molar-refractivity contribution in [1.29, 1.82) is 0 Å². The average Bonchev–Trinajstić information content (AvgIpc) is 2.81. The third kappa shape index (κ3) is 3.31. The molecule has 1 N–H and O–H groups in total. The number of aryl methyl sites for hydroxylation is 1. The molecule has 7 heteroatoms. The molecule has 0 bridgehead atoms. The summed E-state index contributed by atoms with van der Waals surface area (Å²) in [5.41, 5.74) is 0.304. The number of aromatic nitrogens is 3. The maximum absolute atomic E-state index is 13.5. The molecule has 0 fully saturated rings. The van der Waals surface area contributed by atoms with Crippen LogP contribution in [0.2, 0.25) is 0 Å². The number of nitrogens with zero attached hydrogens (tertiary/aromatic N) is 2. The molecule has 0 aliphatic carbocycles. The molecular formula is C12H12FN3O2S. The van der Waals surface area contributed by atoms with Gasteiger partial charge in [-0.3, -0.25) is 9.89 Å². The molecule has 0 aliphatic heterocycles. The van der Waals surface area contributed by atoms with Crippen LogP contribution in [0.25, 0.3) is 0 Å². The zero-order chi connectivity index (χ0) is 13.8. The molecule has 0 amide bonds. The predicted octanol–water partition coefficient (Wildman–Crippen LogP) is 2.24. The van der Waals surface area contributed by atoms with Gasteiger partial charge in [-0.15, -0.1) is 5.10 Å². The molecular weight excluding hydrogens is 269 g/mol. The van der Waals surface area contributed by atoms with Gasteiger partial charge < -0.3 is 4.74 Å². The van der Waals surface area contributed by atoms with Crippen LogP contribution in [0.1, 0.15) is 16.2 Å². The summed E-state index contributed by atoms with van der Waals surface area (Å²) in [5.74, 6) is 0.226. The lowest BCUT2D eigenvalue weighted by Crippen LogP contribution is -2.03. The first-order chi connectivity index (χ1) is 9.10. The highest BCUT2D eigenvalue weighted by atomic mass is 32.2. The fraction of sp³-hybridized carbons (Fsp3) is 0.250. The molecule has 0 aliphatic rings. The number of carbonyl (C=O) groups is 1. The standard InChI is InChI=1S/C12H12FN3O2S/c1-7-14-12(16-15-7)19-6-10(17)8-3-4-11(18-2)9(13)5-8/h3-5H,6H2,1-2H3,(H,14,15,16). The van der Waals surface area contributed by atoms with Crippen molar-refractivity contribution in [2.75, 3.05) is 12.9 Å². The summed E-state index contributed by atoms with van der Waals surface area (Å²) in [6, 6.07) is 4.14. The predicted molar refractivity (Wildman–Crippen MR) is 69.1 cm³/mol. The summed E-state index contributed by atoms with van der Waals surface area (Å²) in [4.78, 5) is 16.0. The zero-order valence-electron chi connectivity index (χ0n) is 10.4. The van der Waals surface area contributed by atoms with Gasteiger partial charge in [0.2, 0.25) is 5.16 Å². The fourth-order valence-electron chi connectivity index (χ4n) is 1.44. The molecule has 2 rings (SSSR count). The largest absolute Gasteiger partial charge is 0.494 e. The number of carbonyl (C=O) groups excluding carboxylic acids is 1. The molecule has 1 heterocycles. The third-order valence-corrected chi connectivity index (χ3v) is 3.23.